The monoisotopic (exact) mass is 232 g/mol. The molecule has 2 heterocycles. The molecule has 0 aromatic heterocycles. The molecular formula is C13H13ClN2. The van der Waals surface area contributed by atoms with E-state index in [0.717, 1.165) is 42.4 Å². The maximum absolute atomic E-state index is 6.00. The minimum Gasteiger partial charge on any atom is -0.313 e. The second-order valence-corrected chi connectivity index (χ2v) is 4.67. The predicted molar refractivity (Wildman–Crippen MR) is 67.7 cm³/mol. The summed E-state index contributed by atoms with van der Waals surface area (Å²) in [7, 11) is 0. The first-order chi connectivity index (χ1) is 7.83. The van der Waals surface area contributed by atoms with E-state index >= 15 is 0 Å². The molecule has 0 saturated heterocycles. The van der Waals surface area contributed by atoms with Crippen molar-refractivity contribution in [2.75, 3.05) is 13.1 Å². The number of hydrogen-bond acceptors (Lipinski definition) is 2. The Morgan fingerprint density at radius 1 is 1.31 bits per heavy atom. The fourth-order valence-corrected chi connectivity index (χ4v) is 2.37. The van der Waals surface area contributed by atoms with Crippen LogP contribution in [0.15, 0.2) is 51.2 Å². The van der Waals surface area contributed by atoms with E-state index in [9.17, 15) is 0 Å². The van der Waals surface area contributed by atoms with Gasteiger partial charge in [0, 0.05) is 18.0 Å². The van der Waals surface area contributed by atoms with E-state index in [1.807, 2.05) is 6.08 Å². The Bertz CT molecular complexity index is 478. The molecule has 1 N–H and O–H groups in total. The van der Waals surface area contributed by atoms with Crippen molar-refractivity contribution >= 4 is 17.3 Å². The molecule has 0 atom stereocenters. The second kappa shape index (κ2) is 4.04. The molecule has 16 heavy (non-hydrogen) atoms. The van der Waals surface area contributed by atoms with Gasteiger partial charge in [0.25, 0.3) is 0 Å². The third kappa shape index (κ3) is 1.79. The number of halogens is 1. The van der Waals surface area contributed by atoms with Gasteiger partial charge in [0.05, 0.1) is 11.4 Å². The van der Waals surface area contributed by atoms with Crippen molar-refractivity contribution in [1.82, 2.24) is 5.32 Å². The Kier molecular flexibility index (Phi) is 2.54. The van der Waals surface area contributed by atoms with Crippen LogP contribution in [0.3, 0.4) is 0 Å². The van der Waals surface area contributed by atoms with Crippen LogP contribution < -0.4 is 5.32 Å². The highest BCUT2D eigenvalue weighted by Crippen LogP contribution is 2.30. The Labute approximate surface area is 100 Å². The number of aliphatic imine (C=N–C) groups is 1. The Hall–Kier alpha value is -1.12. The lowest BCUT2D eigenvalue weighted by atomic mass is 10.0. The highest BCUT2D eigenvalue weighted by molar-refractivity contribution is 6.32. The number of nitrogens with one attached hydrogen (secondary N) is 1. The van der Waals surface area contributed by atoms with Gasteiger partial charge in [0.1, 0.15) is 0 Å². The van der Waals surface area contributed by atoms with Crippen LogP contribution in [0.4, 0.5) is 0 Å². The van der Waals surface area contributed by atoms with Crippen LogP contribution in [-0.4, -0.2) is 18.8 Å². The van der Waals surface area contributed by atoms with Gasteiger partial charge < -0.3 is 5.32 Å². The zero-order valence-corrected chi connectivity index (χ0v) is 9.72. The largest absolute Gasteiger partial charge is 0.313 e. The van der Waals surface area contributed by atoms with Gasteiger partial charge >= 0.3 is 0 Å². The van der Waals surface area contributed by atoms with E-state index in [-0.39, 0.29) is 0 Å². The van der Waals surface area contributed by atoms with Crippen LogP contribution in [0.2, 0.25) is 0 Å². The van der Waals surface area contributed by atoms with Crippen LogP contribution in [-0.2, 0) is 0 Å². The maximum Gasteiger partial charge on any atom is 0.0669 e. The minimum atomic E-state index is 0.777. The molecule has 3 heteroatoms. The highest BCUT2D eigenvalue weighted by atomic mass is 35.5. The van der Waals surface area contributed by atoms with Crippen molar-refractivity contribution in [1.29, 1.82) is 0 Å². The molecular weight excluding hydrogens is 220 g/mol. The van der Waals surface area contributed by atoms with Gasteiger partial charge in [-0.2, -0.15) is 0 Å². The normalized spacial score (nSPS) is 23.9. The van der Waals surface area contributed by atoms with Crippen LogP contribution >= 0.6 is 11.6 Å². The summed E-state index contributed by atoms with van der Waals surface area (Å²) in [5.41, 5.74) is 4.82. The summed E-state index contributed by atoms with van der Waals surface area (Å²) in [6.45, 7) is 2.00. The van der Waals surface area contributed by atoms with Gasteiger partial charge in [-0.05, 0) is 36.3 Å². The maximum atomic E-state index is 6.00. The molecule has 0 amide bonds. The summed E-state index contributed by atoms with van der Waals surface area (Å²) in [6.07, 6.45) is 10.3. The SMILES string of the molecule is ClC1=CC=C2C=C(C3=CCNCC3)N=C2C1. The molecule has 0 unspecified atom stereocenters. The van der Waals surface area contributed by atoms with Crippen molar-refractivity contribution < 1.29 is 0 Å². The number of allylic oxidation sites excluding steroid dienone is 6. The van der Waals surface area contributed by atoms with Gasteiger partial charge in [-0.1, -0.05) is 23.8 Å². The summed E-state index contributed by atoms with van der Waals surface area (Å²) in [5.74, 6) is 0. The Morgan fingerprint density at radius 2 is 2.25 bits per heavy atom. The Balaban J connectivity index is 1.89. The predicted octanol–water partition coefficient (Wildman–Crippen LogP) is 2.70. The van der Waals surface area contributed by atoms with Gasteiger partial charge in [-0.15, -0.1) is 0 Å². The summed E-state index contributed by atoms with van der Waals surface area (Å²) < 4.78 is 0. The van der Waals surface area contributed by atoms with Crippen LogP contribution in [0, 0.1) is 0 Å². The van der Waals surface area contributed by atoms with E-state index < -0.39 is 0 Å². The third-order valence-corrected chi connectivity index (χ3v) is 3.31. The number of rotatable bonds is 1. The van der Waals surface area contributed by atoms with E-state index in [2.05, 4.69) is 28.5 Å². The van der Waals surface area contributed by atoms with E-state index in [1.54, 1.807) is 0 Å². The molecule has 0 saturated carbocycles. The Morgan fingerprint density at radius 3 is 3.06 bits per heavy atom. The molecule has 0 aromatic rings. The molecule has 0 aromatic carbocycles. The van der Waals surface area contributed by atoms with E-state index in [0.29, 0.717) is 0 Å². The molecule has 0 fully saturated rings. The van der Waals surface area contributed by atoms with Gasteiger partial charge in [-0.25, -0.2) is 0 Å². The van der Waals surface area contributed by atoms with Gasteiger partial charge in [-0.3, -0.25) is 4.99 Å². The molecule has 0 bridgehead atoms. The van der Waals surface area contributed by atoms with Crippen LogP contribution in [0.1, 0.15) is 12.8 Å². The zero-order chi connectivity index (χ0) is 11.0. The highest BCUT2D eigenvalue weighted by Gasteiger charge is 2.20. The van der Waals surface area contributed by atoms with E-state index in [4.69, 9.17) is 11.6 Å². The standard InChI is InChI=1S/C13H13ClN2/c14-11-2-1-10-7-12(16-13(10)8-11)9-3-5-15-6-4-9/h1-3,7,15H,4-6,8H2. The van der Waals surface area contributed by atoms with Crippen molar-refractivity contribution in [2.24, 2.45) is 4.99 Å². The lowest BCUT2D eigenvalue weighted by Crippen LogP contribution is -2.20. The molecule has 0 radical (unpaired) electrons. The average molecular weight is 233 g/mol. The second-order valence-electron chi connectivity index (χ2n) is 4.18. The quantitative estimate of drug-likeness (QED) is 0.739. The first kappa shape index (κ1) is 10.1. The molecule has 3 rings (SSSR count). The summed E-state index contributed by atoms with van der Waals surface area (Å²) in [4.78, 5) is 4.67. The van der Waals surface area contributed by atoms with Crippen LogP contribution in [0.5, 0.6) is 0 Å². The van der Waals surface area contributed by atoms with Crippen molar-refractivity contribution in [2.45, 2.75) is 12.8 Å². The van der Waals surface area contributed by atoms with Gasteiger partial charge in [0.2, 0.25) is 0 Å². The molecule has 1 aliphatic carbocycles. The summed E-state index contributed by atoms with van der Waals surface area (Å²) in [6, 6.07) is 0. The first-order valence-electron chi connectivity index (χ1n) is 5.59. The fourth-order valence-electron chi connectivity index (χ4n) is 2.18. The molecule has 2 aliphatic heterocycles. The zero-order valence-electron chi connectivity index (χ0n) is 8.96. The lowest BCUT2D eigenvalue weighted by Gasteiger charge is -2.12. The first-order valence-corrected chi connectivity index (χ1v) is 5.97. The fraction of sp³-hybridized carbons (Fsp3) is 0.308. The summed E-state index contributed by atoms with van der Waals surface area (Å²) >= 11 is 6.00. The number of fused-ring (bicyclic) bond motifs is 1. The molecule has 2 nitrogen and oxygen atoms in total. The van der Waals surface area contributed by atoms with Crippen molar-refractivity contribution in [3.8, 4) is 0 Å². The lowest BCUT2D eigenvalue weighted by molar-refractivity contribution is 0.706. The third-order valence-electron chi connectivity index (χ3n) is 3.05. The molecule has 3 aliphatic rings. The number of hydrogen-bond donors (Lipinski definition) is 1. The number of nitrogens with zero attached hydrogens (tertiary/aromatic N) is 1. The molecule has 82 valence electrons. The van der Waals surface area contributed by atoms with E-state index in [1.165, 1.54) is 11.1 Å². The minimum absolute atomic E-state index is 0.777. The van der Waals surface area contributed by atoms with Crippen molar-refractivity contribution in [3.05, 3.63) is 46.2 Å². The van der Waals surface area contributed by atoms with Crippen molar-refractivity contribution in [3.63, 3.8) is 0 Å². The van der Waals surface area contributed by atoms with Gasteiger partial charge in [0.15, 0.2) is 0 Å². The van der Waals surface area contributed by atoms with Crippen LogP contribution in [0.25, 0.3) is 0 Å². The molecule has 0 spiro atoms. The smallest absolute Gasteiger partial charge is 0.0669 e. The topological polar surface area (TPSA) is 24.4 Å². The average Bonchev–Trinajstić information content (AvgIpc) is 2.73. The summed E-state index contributed by atoms with van der Waals surface area (Å²) in [5, 5.41) is 4.18.